The standard InChI is InChI=1S/C20H29N3/c1-15-10-11-17-18(14-15)23-20(12-6-3-7-13-20)19(22-17)21-16-8-4-2-5-9-16/h10-11,14,16,23H,2-9,12-13H2,1H3,(H,21,22). The molecule has 1 aliphatic heterocycles. The van der Waals surface area contributed by atoms with Crippen molar-refractivity contribution < 1.29 is 0 Å². The lowest BCUT2D eigenvalue weighted by Gasteiger charge is -2.44. The fourth-order valence-electron chi connectivity index (χ4n) is 4.50. The minimum Gasteiger partial charge on any atom is -0.371 e. The maximum atomic E-state index is 5.24. The lowest BCUT2D eigenvalue weighted by atomic mass is 9.78. The molecule has 3 aliphatic rings. The van der Waals surface area contributed by atoms with E-state index in [-0.39, 0.29) is 5.54 Å². The summed E-state index contributed by atoms with van der Waals surface area (Å²) in [5.74, 6) is 1.22. The molecular formula is C20H29N3. The lowest BCUT2D eigenvalue weighted by Crippen LogP contribution is -2.54. The molecule has 4 rings (SSSR count). The zero-order valence-corrected chi connectivity index (χ0v) is 14.3. The van der Waals surface area contributed by atoms with Crippen molar-refractivity contribution in [2.45, 2.75) is 82.7 Å². The highest BCUT2D eigenvalue weighted by Crippen LogP contribution is 2.40. The molecule has 2 fully saturated rings. The van der Waals surface area contributed by atoms with Gasteiger partial charge in [-0.1, -0.05) is 44.6 Å². The number of anilines is 2. The number of benzene rings is 1. The summed E-state index contributed by atoms with van der Waals surface area (Å²) in [5, 5.41) is 7.62. The van der Waals surface area contributed by atoms with Crippen molar-refractivity contribution in [1.82, 2.24) is 0 Å². The van der Waals surface area contributed by atoms with Gasteiger partial charge >= 0.3 is 0 Å². The highest BCUT2D eigenvalue weighted by Gasteiger charge is 2.41. The molecule has 2 saturated carbocycles. The molecule has 0 atom stereocenters. The summed E-state index contributed by atoms with van der Waals surface area (Å²) in [6, 6.07) is 7.18. The largest absolute Gasteiger partial charge is 0.371 e. The van der Waals surface area contributed by atoms with Crippen molar-refractivity contribution in [3.63, 3.8) is 0 Å². The number of nitrogens with one attached hydrogen (secondary N) is 2. The van der Waals surface area contributed by atoms with Crippen molar-refractivity contribution in [3.8, 4) is 0 Å². The van der Waals surface area contributed by atoms with E-state index in [0.717, 1.165) is 0 Å². The van der Waals surface area contributed by atoms with E-state index in [0.29, 0.717) is 6.04 Å². The molecule has 0 saturated heterocycles. The second-order valence-corrected chi connectivity index (χ2v) is 7.71. The van der Waals surface area contributed by atoms with Crippen molar-refractivity contribution >= 4 is 17.2 Å². The van der Waals surface area contributed by atoms with Crippen LogP contribution in [-0.2, 0) is 0 Å². The topological polar surface area (TPSA) is 36.4 Å². The molecule has 23 heavy (non-hydrogen) atoms. The second-order valence-electron chi connectivity index (χ2n) is 7.71. The van der Waals surface area contributed by atoms with Crippen LogP contribution in [-0.4, -0.2) is 17.4 Å². The highest BCUT2D eigenvalue weighted by molar-refractivity contribution is 6.09. The molecule has 3 heteroatoms. The first-order valence-electron chi connectivity index (χ1n) is 9.49. The predicted octanol–water partition coefficient (Wildman–Crippen LogP) is 5.27. The molecule has 2 aliphatic carbocycles. The van der Waals surface area contributed by atoms with E-state index in [1.807, 2.05) is 0 Å². The zero-order chi connectivity index (χ0) is 15.7. The van der Waals surface area contributed by atoms with Gasteiger partial charge in [0.25, 0.3) is 0 Å². The van der Waals surface area contributed by atoms with Crippen LogP contribution in [0.5, 0.6) is 0 Å². The molecule has 0 amide bonds. The Morgan fingerprint density at radius 3 is 2.48 bits per heavy atom. The van der Waals surface area contributed by atoms with Gasteiger partial charge in [-0.3, -0.25) is 4.99 Å². The summed E-state index contributed by atoms with van der Waals surface area (Å²) in [6.07, 6.45) is 13.0. The zero-order valence-electron chi connectivity index (χ0n) is 14.3. The molecule has 3 nitrogen and oxygen atoms in total. The predicted molar refractivity (Wildman–Crippen MR) is 98.5 cm³/mol. The molecule has 124 valence electrons. The van der Waals surface area contributed by atoms with E-state index in [2.05, 4.69) is 35.8 Å². The molecule has 1 aromatic rings. The Morgan fingerprint density at radius 1 is 0.957 bits per heavy atom. The minimum atomic E-state index is 0.0521. The molecule has 1 spiro atoms. The SMILES string of the molecule is Cc1ccc2c(c1)NC1(CCCCC1)C(=NC1CCCCC1)N2. The first-order valence-corrected chi connectivity index (χ1v) is 9.49. The Hall–Kier alpha value is -1.51. The van der Waals surface area contributed by atoms with Gasteiger partial charge in [0.1, 0.15) is 5.84 Å². The van der Waals surface area contributed by atoms with Crippen LogP contribution in [0.3, 0.4) is 0 Å². The average molecular weight is 311 g/mol. The summed E-state index contributed by atoms with van der Waals surface area (Å²) in [7, 11) is 0. The fraction of sp³-hybridized carbons (Fsp3) is 0.650. The molecule has 0 bridgehead atoms. The lowest BCUT2D eigenvalue weighted by molar-refractivity contribution is 0.395. The molecule has 0 unspecified atom stereocenters. The molecule has 2 N–H and O–H groups in total. The normalized spacial score (nSPS) is 25.7. The third-order valence-corrected chi connectivity index (χ3v) is 5.85. The Labute approximate surface area is 140 Å². The third kappa shape index (κ3) is 2.98. The number of aliphatic imine (C=N–C) groups is 1. The number of nitrogens with zero attached hydrogens (tertiary/aromatic N) is 1. The first kappa shape index (κ1) is 15.0. The van der Waals surface area contributed by atoms with Gasteiger partial charge in [-0.15, -0.1) is 0 Å². The average Bonchev–Trinajstić information content (AvgIpc) is 2.58. The molecule has 0 aromatic heterocycles. The van der Waals surface area contributed by atoms with Crippen LogP contribution in [0, 0.1) is 6.92 Å². The molecule has 0 radical (unpaired) electrons. The van der Waals surface area contributed by atoms with Crippen molar-refractivity contribution in [2.24, 2.45) is 4.99 Å². The number of rotatable bonds is 1. The molecular weight excluding hydrogens is 282 g/mol. The van der Waals surface area contributed by atoms with Crippen LogP contribution in [0.1, 0.15) is 69.8 Å². The number of hydrogen-bond donors (Lipinski definition) is 2. The van der Waals surface area contributed by atoms with Crippen LogP contribution in [0.2, 0.25) is 0 Å². The maximum absolute atomic E-state index is 5.24. The summed E-state index contributed by atoms with van der Waals surface area (Å²) in [4.78, 5) is 5.24. The highest BCUT2D eigenvalue weighted by atomic mass is 15.2. The van der Waals surface area contributed by atoms with Crippen LogP contribution >= 0.6 is 0 Å². The summed E-state index contributed by atoms with van der Waals surface area (Å²) < 4.78 is 0. The first-order chi connectivity index (χ1) is 11.3. The van der Waals surface area contributed by atoms with Gasteiger partial charge in [-0.25, -0.2) is 0 Å². The van der Waals surface area contributed by atoms with Gasteiger partial charge in [0.2, 0.25) is 0 Å². The van der Waals surface area contributed by atoms with Crippen LogP contribution < -0.4 is 10.6 Å². The van der Waals surface area contributed by atoms with E-state index >= 15 is 0 Å². The van der Waals surface area contributed by atoms with Gasteiger partial charge in [-0.2, -0.15) is 0 Å². The fourth-order valence-corrected chi connectivity index (χ4v) is 4.50. The van der Waals surface area contributed by atoms with Crippen molar-refractivity contribution in [3.05, 3.63) is 23.8 Å². The van der Waals surface area contributed by atoms with E-state index in [9.17, 15) is 0 Å². The van der Waals surface area contributed by atoms with Gasteiger partial charge in [-0.05, 0) is 50.3 Å². The smallest absolute Gasteiger partial charge is 0.127 e. The number of amidine groups is 1. The summed E-state index contributed by atoms with van der Waals surface area (Å²) in [5.41, 5.74) is 3.82. The van der Waals surface area contributed by atoms with Crippen molar-refractivity contribution in [2.75, 3.05) is 10.6 Å². The molecule has 1 heterocycles. The van der Waals surface area contributed by atoms with Gasteiger partial charge in [0.05, 0.1) is 23.0 Å². The monoisotopic (exact) mass is 311 g/mol. The van der Waals surface area contributed by atoms with Gasteiger partial charge in [0, 0.05) is 0 Å². The van der Waals surface area contributed by atoms with E-state index < -0.39 is 0 Å². The molecule has 1 aromatic carbocycles. The Kier molecular flexibility index (Phi) is 4.04. The van der Waals surface area contributed by atoms with E-state index in [1.54, 1.807) is 0 Å². The summed E-state index contributed by atoms with van der Waals surface area (Å²) in [6.45, 7) is 2.17. The van der Waals surface area contributed by atoms with E-state index in [4.69, 9.17) is 4.99 Å². The van der Waals surface area contributed by atoms with E-state index in [1.165, 1.54) is 87.0 Å². The van der Waals surface area contributed by atoms with Gasteiger partial charge in [0.15, 0.2) is 0 Å². The second kappa shape index (κ2) is 6.18. The van der Waals surface area contributed by atoms with Crippen molar-refractivity contribution in [1.29, 1.82) is 0 Å². The maximum Gasteiger partial charge on any atom is 0.127 e. The Morgan fingerprint density at radius 2 is 1.70 bits per heavy atom. The van der Waals surface area contributed by atoms with Crippen LogP contribution in [0.4, 0.5) is 11.4 Å². The number of fused-ring (bicyclic) bond motifs is 1. The van der Waals surface area contributed by atoms with Gasteiger partial charge < -0.3 is 10.6 Å². The van der Waals surface area contributed by atoms with Crippen LogP contribution in [0.15, 0.2) is 23.2 Å². The number of aryl methyl sites for hydroxylation is 1. The Balaban J connectivity index is 1.69. The minimum absolute atomic E-state index is 0.0521. The Bertz CT molecular complexity index is 593. The number of hydrogen-bond acceptors (Lipinski definition) is 2. The third-order valence-electron chi connectivity index (χ3n) is 5.85. The summed E-state index contributed by atoms with van der Waals surface area (Å²) >= 11 is 0. The quantitative estimate of drug-likeness (QED) is 0.741. The van der Waals surface area contributed by atoms with Crippen LogP contribution in [0.25, 0.3) is 0 Å².